The fourth-order valence-corrected chi connectivity index (χ4v) is 2.98. The number of rotatable bonds is 6. The van der Waals surface area contributed by atoms with Crippen molar-refractivity contribution in [2.45, 2.75) is 34.1 Å². The number of nitrogens with zero attached hydrogens (tertiary/aromatic N) is 4. The minimum absolute atomic E-state index is 0.0267. The van der Waals surface area contributed by atoms with Crippen molar-refractivity contribution in [2.24, 2.45) is 5.41 Å². The second kappa shape index (κ2) is 9.07. The van der Waals surface area contributed by atoms with Crippen molar-refractivity contribution in [1.82, 2.24) is 20.0 Å². The third kappa shape index (κ3) is 6.21. The van der Waals surface area contributed by atoms with Crippen molar-refractivity contribution in [3.05, 3.63) is 59.6 Å². The Labute approximate surface area is 181 Å². The van der Waals surface area contributed by atoms with Gasteiger partial charge in [-0.2, -0.15) is 4.98 Å². The minimum atomic E-state index is -0.324. The van der Waals surface area contributed by atoms with Gasteiger partial charge in [0, 0.05) is 30.8 Å². The first-order valence-electron chi connectivity index (χ1n) is 10.0. The molecule has 0 aliphatic carbocycles. The monoisotopic (exact) mass is 421 g/mol. The number of nitrogens with one attached hydrogen (secondary N) is 1. The molecule has 0 saturated heterocycles. The van der Waals surface area contributed by atoms with Crippen LogP contribution in [0, 0.1) is 12.3 Å². The van der Waals surface area contributed by atoms with E-state index >= 15 is 0 Å². The van der Waals surface area contributed by atoms with Crippen molar-refractivity contribution in [3.63, 3.8) is 0 Å². The Morgan fingerprint density at radius 3 is 2.65 bits per heavy atom. The van der Waals surface area contributed by atoms with Crippen LogP contribution in [-0.4, -0.2) is 45.4 Å². The molecule has 162 valence electrons. The van der Waals surface area contributed by atoms with Crippen molar-refractivity contribution in [3.8, 4) is 11.4 Å². The summed E-state index contributed by atoms with van der Waals surface area (Å²) in [6.45, 7) is 8.10. The molecule has 31 heavy (non-hydrogen) atoms. The molecule has 8 heteroatoms. The number of likely N-dealkylation sites (N-methyl/N-ethyl adjacent to an activating group) is 1. The summed E-state index contributed by atoms with van der Waals surface area (Å²) in [6.07, 6.45) is 2.28. The van der Waals surface area contributed by atoms with E-state index < -0.39 is 0 Å². The molecule has 0 unspecified atom stereocenters. The Morgan fingerprint density at radius 1 is 1.16 bits per heavy atom. The van der Waals surface area contributed by atoms with Crippen LogP contribution in [0.3, 0.4) is 0 Å². The molecule has 0 aliphatic rings. The zero-order chi connectivity index (χ0) is 22.6. The Kier molecular flexibility index (Phi) is 6.48. The van der Waals surface area contributed by atoms with Gasteiger partial charge in [-0.3, -0.25) is 9.59 Å². The Morgan fingerprint density at radius 2 is 1.94 bits per heavy atom. The third-order valence-corrected chi connectivity index (χ3v) is 4.43. The van der Waals surface area contributed by atoms with Crippen LogP contribution < -0.4 is 5.32 Å². The molecule has 0 bridgehead atoms. The van der Waals surface area contributed by atoms with Gasteiger partial charge >= 0.3 is 0 Å². The van der Waals surface area contributed by atoms with Crippen LogP contribution in [0.2, 0.25) is 0 Å². The maximum Gasteiger partial charge on any atom is 0.254 e. The average molecular weight is 422 g/mol. The smallest absolute Gasteiger partial charge is 0.254 e. The largest absolute Gasteiger partial charge is 0.339 e. The van der Waals surface area contributed by atoms with Gasteiger partial charge in [-0.15, -0.1) is 0 Å². The number of pyridine rings is 1. The SMILES string of the molecule is Cc1ccnc(NC(=O)CN(C)C(=O)c2cccc(-c3noc(CC(C)(C)C)n3)c2)c1. The van der Waals surface area contributed by atoms with E-state index in [0.717, 1.165) is 5.56 Å². The summed E-state index contributed by atoms with van der Waals surface area (Å²) in [6, 6.07) is 10.6. The molecule has 1 aromatic carbocycles. The van der Waals surface area contributed by atoms with Crippen LogP contribution in [0.15, 0.2) is 47.1 Å². The van der Waals surface area contributed by atoms with Crippen LogP contribution in [0.5, 0.6) is 0 Å². The maximum absolute atomic E-state index is 12.8. The quantitative estimate of drug-likeness (QED) is 0.651. The number of hydrogen-bond acceptors (Lipinski definition) is 6. The molecule has 2 aromatic heterocycles. The first-order chi connectivity index (χ1) is 14.6. The summed E-state index contributed by atoms with van der Waals surface area (Å²) in [7, 11) is 1.58. The molecule has 0 saturated carbocycles. The summed E-state index contributed by atoms with van der Waals surface area (Å²) in [5.41, 5.74) is 2.12. The predicted octanol–water partition coefficient (Wildman–Crippen LogP) is 3.74. The summed E-state index contributed by atoms with van der Waals surface area (Å²) in [4.78, 5) is 35.0. The summed E-state index contributed by atoms with van der Waals surface area (Å²) >= 11 is 0. The fraction of sp³-hybridized carbons (Fsp3) is 0.348. The van der Waals surface area contributed by atoms with Crippen LogP contribution in [0.1, 0.15) is 42.6 Å². The van der Waals surface area contributed by atoms with E-state index in [9.17, 15) is 9.59 Å². The highest BCUT2D eigenvalue weighted by molar-refractivity contribution is 5.99. The van der Waals surface area contributed by atoms with Crippen LogP contribution in [0.25, 0.3) is 11.4 Å². The lowest BCUT2D eigenvalue weighted by Gasteiger charge is -2.17. The van der Waals surface area contributed by atoms with Crippen LogP contribution in [-0.2, 0) is 11.2 Å². The number of amides is 2. The van der Waals surface area contributed by atoms with Gasteiger partial charge in [-0.25, -0.2) is 4.98 Å². The van der Waals surface area contributed by atoms with Crippen molar-refractivity contribution >= 4 is 17.6 Å². The molecule has 3 rings (SSSR count). The van der Waals surface area contributed by atoms with Gasteiger partial charge in [0.25, 0.3) is 5.91 Å². The van der Waals surface area contributed by atoms with E-state index in [2.05, 4.69) is 41.2 Å². The predicted molar refractivity (Wildman–Crippen MR) is 117 cm³/mol. The van der Waals surface area contributed by atoms with E-state index in [1.165, 1.54) is 4.90 Å². The lowest BCUT2D eigenvalue weighted by atomic mass is 9.92. The number of carbonyl (C=O) groups excluding carboxylic acids is 2. The highest BCUT2D eigenvalue weighted by Crippen LogP contribution is 2.23. The molecule has 0 aliphatic heterocycles. The first-order valence-corrected chi connectivity index (χ1v) is 10.0. The minimum Gasteiger partial charge on any atom is -0.339 e. The van der Waals surface area contributed by atoms with Gasteiger partial charge in [-0.05, 0) is 42.2 Å². The Hall–Kier alpha value is -3.55. The van der Waals surface area contributed by atoms with Crippen LogP contribution >= 0.6 is 0 Å². The molecule has 3 aromatic rings. The molecule has 0 atom stereocenters. The molecule has 1 N–H and O–H groups in total. The number of aromatic nitrogens is 3. The fourth-order valence-electron chi connectivity index (χ4n) is 2.98. The molecular formula is C23H27N5O3. The maximum atomic E-state index is 12.8. The van der Waals surface area contributed by atoms with Crippen molar-refractivity contribution in [1.29, 1.82) is 0 Å². The average Bonchev–Trinajstić information content (AvgIpc) is 3.14. The van der Waals surface area contributed by atoms with Gasteiger partial charge in [-0.1, -0.05) is 38.1 Å². The third-order valence-electron chi connectivity index (χ3n) is 4.43. The lowest BCUT2D eigenvalue weighted by Crippen LogP contribution is -2.35. The molecule has 0 fully saturated rings. The van der Waals surface area contributed by atoms with E-state index in [-0.39, 0.29) is 23.8 Å². The highest BCUT2D eigenvalue weighted by Gasteiger charge is 2.19. The lowest BCUT2D eigenvalue weighted by molar-refractivity contribution is -0.116. The van der Waals surface area contributed by atoms with E-state index in [1.807, 2.05) is 19.1 Å². The zero-order valence-corrected chi connectivity index (χ0v) is 18.5. The Bertz CT molecular complexity index is 1080. The second-order valence-electron chi connectivity index (χ2n) is 8.76. The van der Waals surface area contributed by atoms with Crippen molar-refractivity contribution < 1.29 is 14.1 Å². The second-order valence-corrected chi connectivity index (χ2v) is 8.76. The summed E-state index contributed by atoms with van der Waals surface area (Å²) < 4.78 is 5.35. The van der Waals surface area contributed by atoms with Gasteiger partial charge in [0.1, 0.15) is 5.82 Å². The highest BCUT2D eigenvalue weighted by atomic mass is 16.5. The van der Waals surface area contributed by atoms with Gasteiger partial charge in [0.15, 0.2) is 0 Å². The van der Waals surface area contributed by atoms with E-state index in [1.54, 1.807) is 37.5 Å². The zero-order valence-electron chi connectivity index (χ0n) is 18.5. The summed E-state index contributed by atoms with van der Waals surface area (Å²) in [5.74, 6) is 0.830. The number of hydrogen-bond donors (Lipinski definition) is 1. The topological polar surface area (TPSA) is 101 Å². The molecule has 2 amide bonds. The summed E-state index contributed by atoms with van der Waals surface area (Å²) in [5, 5.41) is 6.74. The van der Waals surface area contributed by atoms with E-state index in [4.69, 9.17) is 4.52 Å². The Balaban J connectivity index is 1.67. The van der Waals surface area contributed by atoms with Gasteiger partial charge in [0.2, 0.25) is 17.6 Å². The molecule has 2 heterocycles. The van der Waals surface area contributed by atoms with Gasteiger partial charge in [0.05, 0.1) is 6.54 Å². The molecule has 8 nitrogen and oxygen atoms in total. The van der Waals surface area contributed by atoms with E-state index in [0.29, 0.717) is 35.1 Å². The number of benzene rings is 1. The van der Waals surface area contributed by atoms with Gasteiger partial charge < -0.3 is 14.7 Å². The number of anilines is 1. The van der Waals surface area contributed by atoms with Crippen molar-refractivity contribution in [2.75, 3.05) is 18.9 Å². The number of carbonyl (C=O) groups is 2. The molecular weight excluding hydrogens is 394 g/mol. The molecule has 0 radical (unpaired) electrons. The number of aryl methyl sites for hydroxylation is 1. The standard InChI is InChI=1S/C23H27N5O3/c1-15-9-10-24-18(11-15)25-19(29)14-28(5)22(30)17-8-6-7-16(12-17)21-26-20(31-27-21)13-23(2,3)4/h6-12H,13-14H2,1-5H3,(H,24,25,29). The normalized spacial score (nSPS) is 11.3. The molecule has 0 spiro atoms. The first kappa shape index (κ1) is 22.1. The van der Waals surface area contributed by atoms with Crippen LogP contribution in [0.4, 0.5) is 5.82 Å².